The summed E-state index contributed by atoms with van der Waals surface area (Å²) < 4.78 is 31.0. The molecule has 0 bridgehead atoms. The van der Waals surface area contributed by atoms with Gasteiger partial charge in [-0.1, -0.05) is 6.07 Å². The van der Waals surface area contributed by atoms with E-state index in [4.69, 9.17) is 4.42 Å². The van der Waals surface area contributed by atoms with Crippen molar-refractivity contribution in [2.45, 2.75) is 32.2 Å². The third-order valence-electron chi connectivity index (χ3n) is 4.83. The lowest BCUT2D eigenvalue weighted by atomic mass is 9.93. The molecule has 0 unspecified atom stereocenters. The van der Waals surface area contributed by atoms with E-state index in [0.717, 1.165) is 25.0 Å². The van der Waals surface area contributed by atoms with Gasteiger partial charge >= 0.3 is 0 Å². The van der Waals surface area contributed by atoms with Gasteiger partial charge in [-0.3, -0.25) is 9.59 Å². The summed E-state index contributed by atoms with van der Waals surface area (Å²) in [5.41, 5.74) is 1.05. The second-order valence-electron chi connectivity index (χ2n) is 6.84. The van der Waals surface area contributed by atoms with Crippen LogP contribution < -0.4 is 5.32 Å². The molecular formula is C20H22F2N2O3. The minimum Gasteiger partial charge on any atom is -0.472 e. The summed E-state index contributed by atoms with van der Waals surface area (Å²) >= 11 is 0. The molecule has 2 aromatic rings. The first-order valence-electron chi connectivity index (χ1n) is 9.05. The number of hydrogen-bond acceptors (Lipinski definition) is 3. The average Bonchev–Trinajstić information content (AvgIpc) is 3.21. The van der Waals surface area contributed by atoms with Gasteiger partial charge in [0.15, 0.2) is 11.6 Å². The van der Waals surface area contributed by atoms with Crippen molar-refractivity contribution in [1.82, 2.24) is 10.2 Å². The zero-order valence-corrected chi connectivity index (χ0v) is 14.9. The van der Waals surface area contributed by atoms with E-state index in [1.807, 2.05) is 0 Å². The maximum absolute atomic E-state index is 13.2. The van der Waals surface area contributed by atoms with E-state index in [1.165, 1.54) is 18.6 Å². The summed E-state index contributed by atoms with van der Waals surface area (Å²) in [5.74, 6) is -1.75. The first-order valence-corrected chi connectivity index (χ1v) is 9.05. The van der Waals surface area contributed by atoms with Gasteiger partial charge in [0.05, 0.1) is 11.8 Å². The Morgan fingerprint density at radius 1 is 1.22 bits per heavy atom. The Bertz CT molecular complexity index is 793. The maximum Gasteiger partial charge on any atom is 0.257 e. The summed E-state index contributed by atoms with van der Waals surface area (Å²) in [5, 5.41) is 2.72. The topological polar surface area (TPSA) is 62.6 Å². The fourth-order valence-electron chi connectivity index (χ4n) is 3.33. The van der Waals surface area contributed by atoms with E-state index >= 15 is 0 Å². The van der Waals surface area contributed by atoms with Gasteiger partial charge in [0, 0.05) is 26.1 Å². The van der Waals surface area contributed by atoms with Gasteiger partial charge in [-0.2, -0.15) is 0 Å². The van der Waals surface area contributed by atoms with Crippen molar-refractivity contribution in [3.05, 3.63) is 59.6 Å². The van der Waals surface area contributed by atoms with Crippen LogP contribution in [0.5, 0.6) is 0 Å². The normalized spacial score (nSPS) is 17.0. The highest BCUT2D eigenvalue weighted by Gasteiger charge is 2.25. The molecule has 0 saturated carbocycles. The van der Waals surface area contributed by atoms with Crippen molar-refractivity contribution < 1.29 is 22.8 Å². The molecule has 0 aliphatic carbocycles. The van der Waals surface area contributed by atoms with Gasteiger partial charge in [0.2, 0.25) is 5.91 Å². The molecule has 27 heavy (non-hydrogen) atoms. The standard InChI is InChI=1S/C20H22F2N2O3/c21-17-5-3-15(10-18(17)22)11-23-19(25)6-4-14-2-1-8-24(12-14)20(26)16-7-9-27-13-16/h3,5,7,9-10,13-14H,1-2,4,6,8,11-12H2,(H,23,25)/t14-/m1/s1. The van der Waals surface area contributed by atoms with E-state index < -0.39 is 11.6 Å². The minimum atomic E-state index is -0.925. The van der Waals surface area contributed by atoms with Crippen LogP contribution in [0.25, 0.3) is 0 Å². The van der Waals surface area contributed by atoms with E-state index in [-0.39, 0.29) is 24.3 Å². The van der Waals surface area contributed by atoms with Gasteiger partial charge in [0.1, 0.15) is 6.26 Å². The molecule has 1 N–H and O–H groups in total. The first-order chi connectivity index (χ1) is 13.0. The molecule has 5 nitrogen and oxygen atoms in total. The summed E-state index contributed by atoms with van der Waals surface area (Å²) in [6.45, 7) is 1.50. The number of hydrogen-bond donors (Lipinski definition) is 1. The Morgan fingerprint density at radius 2 is 2.07 bits per heavy atom. The number of rotatable bonds is 6. The third kappa shape index (κ3) is 5.15. The molecule has 1 aromatic heterocycles. The molecule has 2 amide bonds. The number of amides is 2. The van der Waals surface area contributed by atoms with E-state index in [0.29, 0.717) is 37.1 Å². The second-order valence-corrected chi connectivity index (χ2v) is 6.84. The van der Waals surface area contributed by atoms with Gasteiger partial charge in [-0.05, 0) is 48.9 Å². The van der Waals surface area contributed by atoms with Crippen LogP contribution in [-0.2, 0) is 11.3 Å². The van der Waals surface area contributed by atoms with E-state index in [9.17, 15) is 18.4 Å². The van der Waals surface area contributed by atoms with Crippen LogP contribution >= 0.6 is 0 Å². The molecule has 0 spiro atoms. The molecule has 1 aromatic carbocycles. The quantitative estimate of drug-likeness (QED) is 0.839. The Kier molecular flexibility index (Phi) is 6.21. The maximum atomic E-state index is 13.2. The Labute approximate surface area is 156 Å². The van der Waals surface area contributed by atoms with Gasteiger partial charge in [-0.15, -0.1) is 0 Å². The first kappa shape index (κ1) is 19.1. The van der Waals surface area contributed by atoms with Crippen molar-refractivity contribution in [1.29, 1.82) is 0 Å². The van der Waals surface area contributed by atoms with Crippen molar-refractivity contribution in [3.63, 3.8) is 0 Å². The fraction of sp³-hybridized carbons (Fsp3) is 0.400. The molecule has 0 radical (unpaired) electrons. The molecular weight excluding hydrogens is 354 g/mol. The number of halogens is 2. The summed E-state index contributed by atoms with van der Waals surface area (Å²) in [7, 11) is 0. The average molecular weight is 376 g/mol. The molecule has 1 saturated heterocycles. The van der Waals surface area contributed by atoms with Crippen molar-refractivity contribution >= 4 is 11.8 Å². The highest BCUT2D eigenvalue weighted by molar-refractivity contribution is 5.93. The largest absolute Gasteiger partial charge is 0.472 e. The van der Waals surface area contributed by atoms with Gasteiger partial charge in [-0.25, -0.2) is 8.78 Å². The summed E-state index contributed by atoms with van der Waals surface area (Å²) in [4.78, 5) is 26.2. The van der Waals surface area contributed by atoms with Gasteiger partial charge in [0.25, 0.3) is 5.91 Å². The number of likely N-dealkylation sites (tertiary alicyclic amines) is 1. The number of benzene rings is 1. The Hall–Kier alpha value is -2.70. The fourth-order valence-corrected chi connectivity index (χ4v) is 3.33. The lowest BCUT2D eigenvalue weighted by Crippen LogP contribution is -2.40. The van der Waals surface area contributed by atoms with Crippen LogP contribution in [0.2, 0.25) is 0 Å². The zero-order chi connectivity index (χ0) is 19.2. The van der Waals surface area contributed by atoms with Crippen LogP contribution in [0, 0.1) is 17.6 Å². The number of furan rings is 1. The number of nitrogens with one attached hydrogen (secondary N) is 1. The summed E-state index contributed by atoms with van der Waals surface area (Å²) in [6.07, 6.45) is 5.82. The molecule has 3 rings (SSSR count). The predicted molar refractivity (Wildman–Crippen MR) is 94.8 cm³/mol. The highest BCUT2D eigenvalue weighted by Crippen LogP contribution is 2.22. The molecule has 7 heteroatoms. The number of carbonyl (C=O) groups excluding carboxylic acids is 2. The molecule has 1 fully saturated rings. The third-order valence-corrected chi connectivity index (χ3v) is 4.83. The Morgan fingerprint density at radius 3 is 2.81 bits per heavy atom. The smallest absolute Gasteiger partial charge is 0.257 e. The van der Waals surface area contributed by atoms with Crippen LogP contribution in [0.4, 0.5) is 8.78 Å². The van der Waals surface area contributed by atoms with Crippen LogP contribution in [0.1, 0.15) is 41.6 Å². The van der Waals surface area contributed by atoms with E-state index in [1.54, 1.807) is 11.0 Å². The van der Waals surface area contributed by atoms with Gasteiger partial charge < -0.3 is 14.6 Å². The van der Waals surface area contributed by atoms with Crippen molar-refractivity contribution in [2.24, 2.45) is 5.92 Å². The highest BCUT2D eigenvalue weighted by atomic mass is 19.2. The SMILES string of the molecule is O=C(CC[C@H]1CCCN(C(=O)c2ccoc2)C1)NCc1ccc(F)c(F)c1. The molecule has 1 atom stereocenters. The van der Waals surface area contributed by atoms with Crippen LogP contribution in [-0.4, -0.2) is 29.8 Å². The van der Waals surface area contributed by atoms with Crippen molar-refractivity contribution in [2.75, 3.05) is 13.1 Å². The zero-order valence-electron chi connectivity index (χ0n) is 14.9. The molecule has 1 aliphatic rings. The number of carbonyl (C=O) groups is 2. The molecule has 2 heterocycles. The minimum absolute atomic E-state index is 0.0452. The number of nitrogens with zero attached hydrogens (tertiary/aromatic N) is 1. The monoisotopic (exact) mass is 376 g/mol. The predicted octanol–water partition coefficient (Wildman–Crippen LogP) is 3.51. The Balaban J connectivity index is 1.43. The molecule has 1 aliphatic heterocycles. The molecule has 144 valence electrons. The number of piperidine rings is 1. The lowest BCUT2D eigenvalue weighted by molar-refractivity contribution is -0.121. The van der Waals surface area contributed by atoms with E-state index in [2.05, 4.69) is 5.32 Å². The summed E-state index contributed by atoms with van der Waals surface area (Å²) in [6, 6.07) is 5.22. The van der Waals surface area contributed by atoms with Crippen LogP contribution in [0.3, 0.4) is 0 Å². The lowest BCUT2D eigenvalue weighted by Gasteiger charge is -2.32. The van der Waals surface area contributed by atoms with Crippen molar-refractivity contribution in [3.8, 4) is 0 Å². The van der Waals surface area contributed by atoms with Crippen LogP contribution in [0.15, 0.2) is 41.2 Å². The second kappa shape index (κ2) is 8.79.